The van der Waals surface area contributed by atoms with Crippen LogP contribution in [0.2, 0.25) is 0 Å². The van der Waals surface area contributed by atoms with Crippen molar-refractivity contribution in [1.29, 1.82) is 0 Å². The Bertz CT molecular complexity index is 433. The van der Waals surface area contributed by atoms with Crippen LogP contribution < -0.4 is 5.32 Å². The molecule has 1 aliphatic rings. The van der Waals surface area contributed by atoms with Gasteiger partial charge in [-0.25, -0.2) is 0 Å². The van der Waals surface area contributed by atoms with E-state index in [1.165, 1.54) is 43.2 Å². The van der Waals surface area contributed by atoms with Gasteiger partial charge in [0.05, 0.1) is 0 Å². The van der Waals surface area contributed by atoms with Crippen LogP contribution >= 0.6 is 0 Å². The fourth-order valence-corrected chi connectivity index (χ4v) is 2.61. The summed E-state index contributed by atoms with van der Waals surface area (Å²) in [6.45, 7) is 3.55. The van der Waals surface area contributed by atoms with Gasteiger partial charge in [-0.05, 0) is 42.6 Å². The first-order valence-electron chi connectivity index (χ1n) is 6.17. The number of benzene rings is 1. The predicted molar refractivity (Wildman–Crippen MR) is 67.5 cm³/mol. The number of nitrogens with one attached hydrogen (secondary N) is 1. The van der Waals surface area contributed by atoms with Crippen LogP contribution in [-0.4, -0.2) is 17.7 Å². The molecule has 0 saturated carbocycles. The molecule has 2 heteroatoms. The van der Waals surface area contributed by atoms with Crippen molar-refractivity contribution in [3.8, 4) is 0 Å². The zero-order valence-corrected chi connectivity index (χ0v) is 9.52. The molecule has 1 aromatic carbocycles. The van der Waals surface area contributed by atoms with E-state index in [1.54, 1.807) is 0 Å². The third-order valence-corrected chi connectivity index (χ3v) is 3.53. The lowest BCUT2D eigenvalue weighted by Gasteiger charge is -2.22. The van der Waals surface area contributed by atoms with Crippen molar-refractivity contribution < 1.29 is 0 Å². The average Bonchev–Trinajstić information content (AvgIpc) is 2.72. The van der Waals surface area contributed by atoms with Crippen LogP contribution in [0.1, 0.15) is 12.8 Å². The standard InChI is InChI=1S/C14H18N2/c1-2-4-14-11-16(10-13(14)3-1)9-12-5-7-15-8-6-12/h1-4,10-12,15H,5-9H2. The maximum Gasteiger partial charge on any atom is 0.0249 e. The van der Waals surface area contributed by atoms with Gasteiger partial charge in [-0.15, -0.1) is 0 Å². The zero-order chi connectivity index (χ0) is 10.8. The quantitative estimate of drug-likeness (QED) is 0.813. The molecule has 2 nitrogen and oxygen atoms in total. The molecule has 0 spiro atoms. The Labute approximate surface area is 96.3 Å². The van der Waals surface area contributed by atoms with Crippen LogP contribution in [0.4, 0.5) is 0 Å². The van der Waals surface area contributed by atoms with Gasteiger partial charge in [-0.2, -0.15) is 0 Å². The first-order valence-corrected chi connectivity index (χ1v) is 6.17. The molecule has 0 radical (unpaired) electrons. The van der Waals surface area contributed by atoms with Crippen LogP contribution in [-0.2, 0) is 6.54 Å². The van der Waals surface area contributed by atoms with Crippen LogP contribution in [0.3, 0.4) is 0 Å². The molecule has 0 atom stereocenters. The number of rotatable bonds is 2. The van der Waals surface area contributed by atoms with E-state index in [-0.39, 0.29) is 0 Å². The van der Waals surface area contributed by atoms with Gasteiger partial charge in [0.15, 0.2) is 0 Å². The monoisotopic (exact) mass is 214 g/mol. The molecule has 2 heterocycles. The molecule has 1 fully saturated rings. The van der Waals surface area contributed by atoms with E-state index in [0.29, 0.717) is 0 Å². The normalized spacial score (nSPS) is 18.0. The Morgan fingerprint density at radius 3 is 2.31 bits per heavy atom. The van der Waals surface area contributed by atoms with Crippen molar-refractivity contribution >= 4 is 10.8 Å². The summed E-state index contributed by atoms with van der Waals surface area (Å²) < 4.78 is 2.36. The molecule has 0 unspecified atom stereocenters. The lowest BCUT2D eigenvalue weighted by Crippen LogP contribution is -2.29. The van der Waals surface area contributed by atoms with Crippen LogP contribution in [0.25, 0.3) is 10.8 Å². The van der Waals surface area contributed by atoms with Crippen LogP contribution in [0.5, 0.6) is 0 Å². The number of fused-ring (bicyclic) bond motifs is 1. The van der Waals surface area contributed by atoms with Gasteiger partial charge in [0.1, 0.15) is 0 Å². The van der Waals surface area contributed by atoms with Gasteiger partial charge in [0, 0.05) is 18.9 Å². The summed E-state index contributed by atoms with van der Waals surface area (Å²) in [5.74, 6) is 0.850. The molecular formula is C14H18N2. The van der Waals surface area contributed by atoms with Crippen LogP contribution in [0.15, 0.2) is 36.7 Å². The van der Waals surface area contributed by atoms with Crippen LogP contribution in [0, 0.1) is 5.92 Å². The predicted octanol–water partition coefficient (Wildman–Crippen LogP) is 2.64. The van der Waals surface area contributed by atoms with Gasteiger partial charge in [-0.1, -0.05) is 24.3 Å². The zero-order valence-electron chi connectivity index (χ0n) is 9.52. The Balaban J connectivity index is 1.78. The number of aromatic nitrogens is 1. The maximum absolute atomic E-state index is 3.42. The van der Waals surface area contributed by atoms with Crippen molar-refractivity contribution in [2.75, 3.05) is 13.1 Å². The summed E-state index contributed by atoms with van der Waals surface area (Å²) >= 11 is 0. The number of hydrogen-bond acceptors (Lipinski definition) is 1. The van der Waals surface area contributed by atoms with E-state index in [9.17, 15) is 0 Å². The first kappa shape index (κ1) is 9.91. The molecule has 0 aliphatic carbocycles. The van der Waals surface area contributed by atoms with Gasteiger partial charge in [0.2, 0.25) is 0 Å². The third-order valence-electron chi connectivity index (χ3n) is 3.53. The van der Waals surface area contributed by atoms with Gasteiger partial charge in [0.25, 0.3) is 0 Å². The highest BCUT2D eigenvalue weighted by molar-refractivity contribution is 5.81. The average molecular weight is 214 g/mol. The fourth-order valence-electron chi connectivity index (χ4n) is 2.61. The molecular weight excluding hydrogens is 196 g/mol. The summed E-state index contributed by atoms with van der Waals surface area (Å²) in [7, 11) is 0. The summed E-state index contributed by atoms with van der Waals surface area (Å²) in [4.78, 5) is 0. The van der Waals surface area contributed by atoms with Crippen molar-refractivity contribution in [3.05, 3.63) is 36.7 Å². The fraction of sp³-hybridized carbons (Fsp3) is 0.429. The number of hydrogen-bond donors (Lipinski definition) is 1. The topological polar surface area (TPSA) is 17.0 Å². The highest BCUT2D eigenvalue weighted by atomic mass is 15.0. The molecule has 16 heavy (non-hydrogen) atoms. The molecule has 1 N–H and O–H groups in total. The largest absolute Gasteiger partial charge is 0.353 e. The van der Waals surface area contributed by atoms with Gasteiger partial charge >= 0.3 is 0 Å². The van der Waals surface area contributed by atoms with E-state index < -0.39 is 0 Å². The van der Waals surface area contributed by atoms with E-state index in [1.807, 2.05) is 0 Å². The lowest BCUT2D eigenvalue weighted by molar-refractivity contribution is 0.334. The molecule has 1 aliphatic heterocycles. The minimum absolute atomic E-state index is 0.850. The van der Waals surface area contributed by atoms with E-state index in [0.717, 1.165) is 5.92 Å². The van der Waals surface area contributed by atoms with E-state index >= 15 is 0 Å². The van der Waals surface area contributed by atoms with Crippen molar-refractivity contribution in [2.45, 2.75) is 19.4 Å². The second-order valence-electron chi connectivity index (χ2n) is 4.78. The molecule has 84 valence electrons. The third kappa shape index (κ3) is 1.98. The second-order valence-corrected chi connectivity index (χ2v) is 4.78. The Morgan fingerprint density at radius 2 is 1.69 bits per heavy atom. The van der Waals surface area contributed by atoms with Crippen molar-refractivity contribution in [2.24, 2.45) is 5.92 Å². The Hall–Kier alpha value is -1.28. The molecule has 1 aromatic heterocycles. The molecule has 1 saturated heterocycles. The van der Waals surface area contributed by atoms with Gasteiger partial charge in [-0.3, -0.25) is 0 Å². The SMILES string of the molecule is c1ccc2cn(CC3CCNCC3)cc2c1. The summed E-state index contributed by atoms with van der Waals surface area (Å²) in [5, 5.41) is 6.13. The van der Waals surface area contributed by atoms with E-state index in [2.05, 4.69) is 46.5 Å². The van der Waals surface area contributed by atoms with E-state index in [4.69, 9.17) is 0 Å². The van der Waals surface area contributed by atoms with Gasteiger partial charge < -0.3 is 9.88 Å². The molecule has 3 rings (SSSR count). The Morgan fingerprint density at radius 1 is 1.06 bits per heavy atom. The highest BCUT2D eigenvalue weighted by Gasteiger charge is 2.13. The Kier molecular flexibility index (Phi) is 2.66. The minimum Gasteiger partial charge on any atom is -0.353 e. The molecule has 0 amide bonds. The number of nitrogens with zero attached hydrogens (tertiary/aromatic N) is 1. The summed E-state index contributed by atoms with van der Waals surface area (Å²) in [6.07, 6.45) is 7.18. The smallest absolute Gasteiger partial charge is 0.0249 e. The summed E-state index contributed by atoms with van der Waals surface area (Å²) in [5.41, 5.74) is 0. The highest BCUT2D eigenvalue weighted by Crippen LogP contribution is 2.19. The van der Waals surface area contributed by atoms with Crippen molar-refractivity contribution in [3.63, 3.8) is 0 Å². The molecule has 0 bridgehead atoms. The minimum atomic E-state index is 0.850. The lowest BCUT2D eigenvalue weighted by atomic mass is 9.98. The first-order chi connectivity index (χ1) is 7.92. The maximum atomic E-state index is 3.42. The summed E-state index contributed by atoms with van der Waals surface area (Å²) in [6, 6.07) is 8.59. The second kappa shape index (κ2) is 4.30. The number of piperidine rings is 1. The molecule has 2 aromatic rings. The van der Waals surface area contributed by atoms with Crippen molar-refractivity contribution in [1.82, 2.24) is 9.88 Å².